The van der Waals surface area contributed by atoms with Gasteiger partial charge in [-0.1, -0.05) is 30.3 Å². The maximum absolute atomic E-state index is 12.1. The maximum atomic E-state index is 12.1. The van der Waals surface area contributed by atoms with E-state index in [1.165, 1.54) is 5.56 Å². The van der Waals surface area contributed by atoms with Gasteiger partial charge in [0, 0.05) is 44.5 Å². The molecule has 0 aliphatic carbocycles. The number of imidazole rings is 1. The second-order valence-corrected chi connectivity index (χ2v) is 6.38. The van der Waals surface area contributed by atoms with Crippen molar-refractivity contribution in [2.45, 2.75) is 18.5 Å². The molecular formula is C17H20N4O2. The van der Waals surface area contributed by atoms with Gasteiger partial charge in [0.1, 0.15) is 6.61 Å². The minimum atomic E-state index is -0.267. The Kier molecular flexibility index (Phi) is 3.53. The Balaban J connectivity index is 1.56. The van der Waals surface area contributed by atoms with E-state index in [0.717, 1.165) is 31.7 Å². The van der Waals surface area contributed by atoms with Crippen LogP contribution in [0.25, 0.3) is 0 Å². The number of piperazine rings is 1. The molecule has 1 unspecified atom stereocenters. The lowest BCUT2D eigenvalue weighted by molar-refractivity contribution is 0.0471. The summed E-state index contributed by atoms with van der Waals surface area (Å²) in [5.41, 5.74) is 2.06. The third kappa shape index (κ3) is 2.70. The van der Waals surface area contributed by atoms with Gasteiger partial charge in [0.15, 0.2) is 0 Å². The van der Waals surface area contributed by atoms with Crippen molar-refractivity contribution in [3.63, 3.8) is 0 Å². The van der Waals surface area contributed by atoms with Gasteiger partial charge < -0.3 is 9.72 Å². The van der Waals surface area contributed by atoms with E-state index >= 15 is 0 Å². The van der Waals surface area contributed by atoms with Gasteiger partial charge in [-0.2, -0.15) is 0 Å². The lowest BCUT2D eigenvalue weighted by Crippen LogP contribution is -2.62. The fourth-order valence-electron chi connectivity index (χ4n) is 3.67. The Morgan fingerprint density at radius 3 is 2.91 bits per heavy atom. The predicted molar refractivity (Wildman–Crippen MR) is 84.8 cm³/mol. The SMILES string of the molecule is O=C1OCC2(Cc3ccccc3)CN(Cc3cnc[nH]3)CCN12. The number of rotatable bonds is 4. The molecule has 0 saturated carbocycles. The van der Waals surface area contributed by atoms with E-state index in [-0.39, 0.29) is 11.6 Å². The molecule has 3 heterocycles. The molecule has 0 bridgehead atoms. The molecule has 0 radical (unpaired) electrons. The van der Waals surface area contributed by atoms with Crippen molar-refractivity contribution in [1.29, 1.82) is 0 Å². The smallest absolute Gasteiger partial charge is 0.410 e. The highest BCUT2D eigenvalue weighted by atomic mass is 16.6. The number of fused-ring (bicyclic) bond motifs is 1. The van der Waals surface area contributed by atoms with Crippen LogP contribution in [0.3, 0.4) is 0 Å². The lowest BCUT2D eigenvalue weighted by atomic mass is 9.88. The number of nitrogens with zero attached hydrogens (tertiary/aromatic N) is 3. The monoisotopic (exact) mass is 312 g/mol. The molecule has 1 N–H and O–H groups in total. The topological polar surface area (TPSA) is 61.5 Å². The molecule has 120 valence electrons. The van der Waals surface area contributed by atoms with Crippen LogP contribution in [0.1, 0.15) is 11.3 Å². The zero-order chi connectivity index (χ0) is 15.7. The van der Waals surface area contributed by atoms with Gasteiger partial charge in [-0.3, -0.25) is 9.80 Å². The van der Waals surface area contributed by atoms with Crippen molar-refractivity contribution >= 4 is 6.09 Å². The molecule has 2 aromatic rings. The van der Waals surface area contributed by atoms with Gasteiger partial charge in [0.05, 0.1) is 11.9 Å². The first-order chi connectivity index (χ1) is 11.3. The van der Waals surface area contributed by atoms with Crippen LogP contribution in [-0.4, -0.2) is 57.6 Å². The Morgan fingerprint density at radius 1 is 1.26 bits per heavy atom. The van der Waals surface area contributed by atoms with Gasteiger partial charge in [-0.05, 0) is 5.56 Å². The summed E-state index contributed by atoms with van der Waals surface area (Å²) in [6.45, 7) is 3.65. The highest BCUT2D eigenvalue weighted by Crippen LogP contribution is 2.32. The molecule has 2 aliphatic rings. The van der Waals surface area contributed by atoms with Crippen LogP contribution < -0.4 is 0 Å². The van der Waals surface area contributed by atoms with Crippen LogP contribution in [-0.2, 0) is 17.7 Å². The van der Waals surface area contributed by atoms with Crippen LogP contribution >= 0.6 is 0 Å². The fourth-order valence-corrected chi connectivity index (χ4v) is 3.67. The minimum Gasteiger partial charge on any atom is -0.447 e. The van der Waals surface area contributed by atoms with Crippen LogP contribution in [0.15, 0.2) is 42.9 Å². The first-order valence-corrected chi connectivity index (χ1v) is 7.93. The largest absolute Gasteiger partial charge is 0.447 e. The van der Waals surface area contributed by atoms with Crippen LogP contribution in [0.2, 0.25) is 0 Å². The standard InChI is InChI=1S/C17H20N4O2/c22-16-21-7-6-20(10-15-9-18-13-19-15)11-17(21,12-23-16)8-14-4-2-1-3-5-14/h1-5,9,13H,6-8,10-12H2,(H,18,19). The number of ether oxygens (including phenoxy) is 1. The number of hydrogen-bond donors (Lipinski definition) is 1. The number of benzene rings is 1. The highest BCUT2D eigenvalue weighted by Gasteiger charge is 2.50. The van der Waals surface area contributed by atoms with E-state index in [1.54, 1.807) is 6.33 Å². The molecule has 1 aromatic carbocycles. The maximum Gasteiger partial charge on any atom is 0.410 e. The van der Waals surface area contributed by atoms with Crippen LogP contribution in [0.5, 0.6) is 0 Å². The van der Waals surface area contributed by atoms with E-state index in [1.807, 2.05) is 29.3 Å². The molecule has 1 atom stereocenters. The Labute approximate surface area is 135 Å². The number of cyclic esters (lactones) is 1. The van der Waals surface area contributed by atoms with Crippen molar-refractivity contribution in [3.05, 3.63) is 54.1 Å². The Bertz CT molecular complexity index is 673. The number of H-pyrrole nitrogens is 1. The normalized spacial score (nSPS) is 24.5. The summed E-state index contributed by atoms with van der Waals surface area (Å²) in [6, 6.07) is 10.3. The highest BCUT2D eigenvalue weighted by molar-refractivity contribution is 5.71. The van der Waals surface area contributed by atoms with Crippen molar-refractivity contribution in [1.82, 2.24) is 19.8 Å². The number of hydrogen-bond acceptors (Lipinski definition) is 4. The van der Waals surface area contributed by atoms with Crippen molar-refractivity contribution in [3.8, 4) is 0 Å². The zero-order valence-corrected chi connectivity index (χ0v) is 12.9. The summed E-state index contributed by atoms with van der Waals surface area (Å²) in [4.78, 5) is 23.6. The van der Waals surface area contributed by atoms with Gasteiger partial charge in [0.2, 0.25) is 0 Å². The van der Waals surface area contributed by atoms with E-state index in [9.17, 15) is 4.79 Å². The average molecular weight is 312 g/mol. The molecule has 2 fully saturated rings. The lowest BCUT2D eigenvalue weighted by Gasteiger charge is -2.44. The first-order valence-electron chi connectivity index (χ1n) is 7.93. The van der Waals surface area contributed by atoms with Crippen LogP contribution in [0, 0.1) is 0 Å². The van der Waals surface area contributed by atoms with E-state index in [2.05, 4.69) is 27.0 Å². The number of aromatic nitrogens is 2. The second-order valence-electron chi connectivity index (χ2n) is 6.38. The van der Waals surface area contributed by atoms with Gasteiger partial charge in [-0.15, -0.1) is 0 Å². The third-order valence-corrected chi connectivity index (χ3v) is 4.74. The minimum absolute atomic E-state index is 0.179. The molecule has 1 aromatic heterocycles. The number of carbonyl (C=O) groups is 1. The molecule has 6 heteroatoms. The van der Waals surface area contributed by atoms with E-state index < -0.39 is 0 Å². The molecule has 4 rings (SSSR count). The zero-order valence-electron chi connectivity index (χ0n) is 12.9. The second kappa shape index (κ2) is 5.70. The summed E-state index contributed by atoms with van der Waals surface area (Å²) in [6.07, 6.45) is 4.20. The van der Waals surface area contributed by atoms with E-state index in [4.69, 9.17) is 4.74 Å². The fraction of sp³-hybridized carbons (Fsp3) is 0.412. The van der Waals surface area contributed by atoms with Gasteiger partial charge in [0.25, 0.3) is 0 Å². The summed E-state index contributed by atoms with van der Waals surface area (Å²) >= 11 is 0. The molecule has 1 amide bonds. The molecular weight excluding hydrogens is 292 g/mol. The third-order valence-electron chi connectivity index (χ3n) is 4.74. The molecule has 6 nitrogen and oxygen atoms in total. The Morgan fingerprint density at radius 2 is 2.13 bits per heavy atom. The average Bonchev–Trinajstić information content (AvgIpc) is 3.17. The Hall–Kier alpha value is -2.34. The number of nitrogens with one attached hydrogen (secondary N) is 1. The van der Waals surface area contributed by atoms with Crippen molar-refractivity contribution in [2.75, 3.05) is 26.2 Å². The summed E-state index contributed by atoms with van der Waals surface area (Å²) in [7, 11) is 0. The summed E-state index contributed by atoms with van der Waals surface area (Å²) < 4.78 is 5.40. The van der Waals surface area contributed by atoms with Gasteiger partial charge >= 0.3 is 6.09 Å². The van der Waals surface area contributed by atoms with Gasteiger partial charge in [-0.25, -0.2) is 9.78 Å². The molecule has 2 aliphatic heterocycles. The number of carbonyl (C=O) groups excluding carboxylic acids is 1. The predicted octanol–water partition coefficient (Wildman–Crippen LogP) is 1.66. The number of amides is 1. The number of aromatic amines is 1. The molecule has 2 saturated heterocycles. The summed E-state index contributed by atoms with van der Waals surface area (Å²) in [5, 5.41) is 0. The molecule has 0 spiro atoms. The van der Waals surface area contributed by atoms with Crippen molar-refractivity contribution in [2.24, 2.45) is 0 Å². The van der Waals surface area contributed by atoms with Crippen molar-refractivity contribution < 1.29 is 9.53 Å². The summed E-state index contributed by atoms with van der Waals surface area (Å²) in [5.74, 6) is 0. The van der Waals surface area contributed by atoms with E-state index in [0.29, 0.717) is 13.2 Å². The first kappa shape index (κ1) is 14.3. The quantitative estimate of drug-likeness (QED) is 0.933. The molecule has 23 heavy (non-hydrogen) atoms. The van der Waals surface area contributed by atoms with Crippen LogP contribution in [0.4, 0.5) is 4.79 Å².